The largest absolute Gasteiger partial charge is 0.480 e. The van der Waals surface area contributed by atoms with Gasteiger partial charge in [-0.05, 0) is 0 Å². The van der Waals surface area contributed by atoms with Crippen LogP contribution < -0.4 is 16.0 Å². The van der Waals surface area contributed by atoms with Crippen LogP contribution in [0.3, 0.4) is 0 Å². The van der Waals surface area contributed by atoms with Crippen LogP contribution in [-0.2, 0) is 19.1 Å². The molecule has 9 heteroatoms. The lowest BCUT2D eigenvalue weighted by Crippen LogP contribution is -2.60. The Kier molecular flexibility index (Phi) is 6.89. The zero-order valence-corrected chi connectivity index (χ0v) is 11.9. The first kappa shape index (κ1) is 17.2. The van der Waals surface area contributed by atoms with E-state index in [-0.39, 0.29) is 38.5 Å². The summed E-state index contributed by atoms with van der Waals surface area (Å²) in [5, 5.41) is 16.5. The van der Waals surface area contributed by atoms with Crippen molar-refractivity contribution in [2.45, 2.75) is 18.4 Å². The van der Waals surface area contributed by atoms with Crippen LogP contribution in [0.2, 0.25) is 0 Å². The van der Waals surface area contributed by atoms with E-state index in [9.17, 15) is 19.5 Å². The van der Waals surface area contributed by atoms with Crippen molar-refractivity contribution in [3.63, 3.8) is 0 Å². The SMILES string of the molecule is COCCNC(=O)CNC(=O)NC1(C(=O)O)CCOCC1. The number of carboxylic acids is 1. The van der Waals surface area contributed by atoms with Gasteiger partial charge in [0.15, 0.2) is 0 Å². The molecule has 0 aromatic rings. The third-order valence-electron chi connectivity index (χ3n) is 3.15. The maximum absolute atomic E-state index is 11.7. The molecule has 1 fully saturated rings. The summed E-state index contributed by atoms with van der Waals surface area (Å²) < 4.78 is 9.86. The summed E-state index contributed by atoms with van der Waals surface area (Å²) in [5.41, 5.74) is -1.34. The van der Waals surface area contributed by atoms with Crippen LogP contribution >= 0.6 is 0 Å². The Hall–Kier alpha value is -1.87. The van der Waals surface area contributed by atoms with Gasteiger partial charge in [-0.15, -0.1) is 0 Å². The van der Waals surface area contributed by atoms with Gasteiger partial charge in [0.05, 0.1) is 13.2 Å². The number of urea groups is 1. The topological polar surface area (TPSA) is 126 Å². The summed E-state index contributed by atoms with van der Waals surface area (Å²) in [6.07, 6.45) is 0.381. The van der Waals surface area contributed by atoms with Crippen LogP contribution in [0.25, 0.3) is 0 Å². The summed E-state index contributed by atoms with van der Waals surface area (Å²) >= 11 is 0. The number of rotatable bonds is 7. The molecule has 3 amide bonds. The Morgan fingerprint density at radius 3 is 2.48 bits per heavy atom. The maximum Gasteiger partial charge on any atom is 0.329 e. The second-order valence-electron chi connectivity index (χ2n) is 4.65. The molecule has 0 radical (unpaired) electrons. The second-order valence-corrected chi connectivity index (χ2v) is 4.65. The normalized spacial score (nSPS) is 16.8. The molecule has 1 saturated heterocycles. The number of aliphatic carboxylic acids is 1. The van der Waals surface area contributed by atoms with Crippen molar-refractivity contribution in [2.75, 3.05) is 40.0 Å². The van der Waals surface area contributed by atoms with E-state index < -0.39 is 17.5 Å². The van der Waals surface area contributed by atoms with Gasteiger partial charge in [0.2, 0.25) is 5.91 Å². The molecule has 0 bridgehead atoms. The fourth-order valence-corrected chi connectivity index (χ4v) is 1.89. The monoisotopic (exact) mass is 303 g/mol. The van der Waals surface area contributed by atoms with Gasteiger partial charge in [0, 0.05) is 39.7 Å². The van der Waals surface area contributed by atoms with Gasteiger partial charge < -0.3 is 30.5 Å². The number of methoxy groups -OCH3 is 1. The highest BCUT2D eigenvalue weighted by Gasteiger charge is 2.41. The average molecular weight is 303 g/mol. The Labute approximate surface area is 122 Å². The number of carbonyl (C=O) groups excluding carboxylic acids is 2. The van der Waals surface area contributed by atoms with Gasteiger partial charge in [0.25, 0.3) is 0 Å². The van der Waals surface area contributed by atoms with Crippen LogP contribution in [0.1, 0.15) is 12.8 Å². The molecule has 1 rings (SSSR count). The summed E-state index contributed by atoms with van der Waals surface area (Å²) in [7, 11) is 1.51. The number of ether oxygens (including phenoxy) is 2. The predicted octanol–water partition coefficient (Wildman–Crippen LogP) is -1.32. The molecule has 1 aliphatic rings. The Morgan fingerprint density at radius 2 is 1.90 bits per heavy atom. The van der Waals surface area contributed by atoms with Crippen molar-refractivity contribution < 1.29 is 29.0 Å². The first-order chi connectivity index (χ1) is 10.00. The molecule has 1 heterocycles. The van der Waals surface area contributed by atoms with Crippen molar-refractivity contribution in [1.29, 1.82) is 0 Å². The van der Waals surface area contributed by atoms with E-state index in [0.29, 0.717) is 13.2 Å². The molecule has 0 aromatic heterocycles. The zero-order chi connectivity index (χ0) is 15.7. The number of hydrogen-bond acceptors (Lipinski definition) is 5. The highest BCUT2D eigenvalue weighted by Crippen LogP contribution is 2.20. The van der Waals surface area contributed by atoms with E-state index in [2.05, 4.69) is 16.0 Å². The van der Waals surface area contributed by atoms with Crippen molar-refractivity contribution in [1.82, 2.24) is 16.0 Å². The van der Waals surface area contributed by atoms with Crippen LogP contribution in [0.4, 0.5) is 4.79 Å². The van der Waals surface area contributed by atoms with E-state index in [1.165, 1.54) is 7.11 Å². The van der Waals surface area contributed by atoms with Crippen molar-refractivity contribution in [3.05, 3.63) is 0 Å². The Morgan fingerprint density at radius 1 is 1.24 bits per heavy atom. The molecule has 9 nitrogen and oxygen atoms in total. The fourth-order valence-electron chi connectivity index (χ4n) is 1.89. The molecule has 21 heavy (non-hydrogen) atoms. The van der Waals surface area contributed by atoms with Gasteiger partial charge in [-0.1, -0.05) is 0 Å². The number of carbonyl (C=O) groups is 3. The summed E-state index contributed by atoms with van der Waals surface area (Å²) in [6.45, 7) is 1.02. The van der Waals surface area contributed by atoms with Gasteiger partial charge in [0.1, 0.15) is 5.54 Å². The number of nitrogens with one attached hydrogen (secondary N) is 3. The highest BCUT2D eigenvalue weighted by atomic mass is 16.5. The van der Waals surface area contributed by atoms with Crippen molar-refractivity contribution >= 4 is 17.9 Å². The van der Waals surface area contributed by atoms with Gasteiger partial charge in [-0.25, -0.2) is 9.59 Å². The first-order valence-corrected chi connectivity index (χ1v) is 6.63. The lowest BCUT2D eigenvalue weighted by atomic mass is 9.90. The minimum atomic E-state index is -1.34. The fraction of sp³-hybridized carbons (Fsp3) is 0.750. The second kappa shape index (κ2) is 8.42. The molecule has 0 spiro atoms. The van der Waals surface area contributed by atoms with Crippen molar-refractivity contribution in [2.24, 2.45) is 0 Å². The highest BCUT2D eigenvalue weighted by molar-refractivity contribution is 5.88. The minimum Gasteiger partial charge on any atom is -0.480 e. The van der Waals surface area contributed by atoms with Crippen molar-refractivity contribution in [3.8, 4) is 0 Å². The lowest BCUT2D eigenvalue weighted by Gasteiger charge is -2.33. The van der Waals surface area contributed by atoms with Gasteiger partial charge in [-0.3, -0.25) is 4.79 Å². The number of carboxylic acid groups (broad SMARTS) is 1. The number of amides is 3. The van der Waals surface area contributed by atoms with Gasteiger partial charge >= 0.3 is 12.0 Å². The molecule has 0 atom stereocenters. The molecule has 120 valence electrons. The smallest absolute Gasteiger partial charge is 0.329 e. The summed E-state index contributed by atoms with van der Waals surface area (Å²) in [4.78, 5) is 34.4. The molecule has 0 aliphatic carbocycles. The standard InChI is InChI=1S/C12H21N3O6/c1-20-7-4-13-9(16)8-14-11(19)15-12(10(17)18)2-5-21-6-3-12/h2-8H2,1H3,(H,13,16)(H,17,18)(H2,14,15,19). The van der Waals surface area contributed by atoms with Crippen LogP contribution in [-0.4, -0.2) is 68.6 Å². The summed E-state index contributed by atoms with van der Waals surface area (Å²) in [6, 6.07) is -0.693. The molecule has 1 aliphatic heterocycles. The number of hydrogen-bond donors (Lipinski definition) is 4. The summed E-state index contributed by atoms with van der Waals surface area (Å²) in [5.74, 6) is -1.48. The quantitative estimate of drug-likeness (QED) is 0.432. The maximum atomic E-state index is 11.7. The predicted molar refractivity (Wildman–Crippen MR) is 71.8 cm³/mol. The van der Waals surface area contributed by atoms with E-state index >= 15 is 0 Å². The van der Waals surface area contributed by atoms with E-state index in [0.717, 1.165) is 0 Å². The molecule has 4 N–H and O–H groups in total. The molecule has 0 saturated carbocycles. The molecular weight excluding hydrogens is 282 g/mol. The van der Waals surface area contributed by atoms with Gasteiger partial charge in [-0.2, -0.15) is 0 Å². The van der Waals surface area contributed by atoms with E-state index in [1.807, 2.05) is 0 Å². The Bertz CT molecular complexity index is 381. The first-order valence-electron chi connectivity index (χ1n) is 6.63. The van der Waals surface area contributed by atoms with Crippen LogP contribution in [0.5, 0.6) is 0 Å². The molecular formula is C12H21N3O6. The molecule has 0 unspecified atom stereocenters. The molecule has 0 aromatic carbocycles. The van der Waals surface area contributed by atoms with Crippen LogP contribution in [0, 0.1) is 0 Å². The Balaban J connectivity index is 2.37. The van der Waals surface area contributed by atoms with E-state index in [1.54, 1.807) is 0 Å². The van der Waals surface area contributed by atoms with Crippen LogP contribution in [0.15, 0.2) is 0 Å². The lowest BCUT2D eigenvalue weighted by molar-refractivity contribution is -0.148. The zero-order valence-electron chi connectivity index (χ0n) is 11.9. The average Bonchev–Trinajstić information content (AvgIpc) is 2.46. The third-order valence-corrected chi connectivity index (χ3v) is 3.15. The van der Waals surface area contributed by atoms with E-state index in [4.69, 9.17) is 9.47 Å². The third kappa shape index (κ3) is 5.56. The minimum absolute atomic E-state index is 0.190.